The molecular formula is C11H14BrN3O4. The highest BCUT2D eigenvalue weighted by Gasteiger charge is 2.12. The first-order chi connectivity index (χ1) is 8.92. The number of rotatable bonds is 6. The van der Waals surface area contributed by atoms with Crippen molar-refractivity contribution in [2.24, 2.45) is 5.84 Å². The highest BCUT2D eigenvalue weighted by molar-refractivity contribution is 9.10. The van der Waals surface area contributed by atoms with Crippen molar-refractivity contribution in [2.45, 2.75) is 25.9 Å². The first-order valence-corrected chi connectivity index (χ1v) is 6.32. The largest absolute Gasteiger partial charge is 0.490 e. The predicted octanol–water partition coefficient (Wildman–Crippen LogP) is 1.89. The van der Waals surface area contributed by atoms with E-state index in [0.717, 1.165) is 0 Å². The number of non-ortho nitro benzene ring substituents is 1. The molecule has 0 radical (unpaired) electrons. The van der Waals surface area contributed by atoms with Crippen LogP contribution in [0.25, 0.3) is 0 Å². The molecule has 0 spiro atoms. The molecule has 0 aliphatic heterocycles. The van der Waals surface area contributed by atoms with Crippen LogP contribution in [-0.2, 0) is 4.79 Å². The number of nitro benzene ring substituents is 1. The maximum atomic E-state index is 11.0. The molecule has 0 aromatic heterocycles. The van der Waals surface area contributed by atoms with Crippen molar-refractivity contribution >= 4 is 27.5 Å². The molecule has 8 heteroatoms. The summed E-state index contributed by atoms with van der Waals surface area (Å²) in [5.41, 5.74) is 1.97. The third kappa shape index (κ3) is 5.23. The number of hydrogen-bond acceptors (Lipinski definition) is 5. The molecule has 1 rings (SSSR count). The quantitative estimate of drug-likeness (QED) is 0.358. The fourth-order valence-electron chi connectivity index (χ4n) is 1.42. The standard InChI is InChI=1S/C11H14BrN3O4/c1-7(2-3-11(16)14-13)19-10-5-8(12)4-9(6-10)15(17)18/h4-7H,2-3,13H2,1H3,(H,14,16). The molecule has 0 fully saturated rings. The van der Waals surface area contributed by atoms with Crippen LogP contribution in [0, 0.1) is 10.1 Å². The normalized spacial score (nSPS) is 11.7. The lowest BCUT2D eigenvalue weighted by Gasteiger charge is -2.14. The molecule has 0 bridgehead atoms. The number of carbonyl (C=O) groups is 1. The van der Waals surface area contributed by atoms with Crippen molar-refractivity contribution in [3.63, 3.8) is 0 Å². The molecule has 3 N–H and O–H groups in total. The van der Waals surface area contributed by atoms with Gasteiger partial charge in [0, 0.05) is 17.0 Å². The van der Waals surface area contributed by atoms with E-state index in [1.165, 1.54) is 12.1 Å². The van der Waals surface area contributed by atoms with Gasteiger partial charge in [0.25, 0.3) is 5.69 Å². The zero-order valence-corrected chi connectivity index (χ0v) is 11.8. The van der Waals surface area contributed by atoms with Crippen LogP contribution in [-0.4, -0.2) is 16.9 Å². The summed E-state index contributed by atoms with van der Waals surface area (Å²) in [6.07, 6.45) is 0.433. The molecule has 1 aromatic rings. The minimum absolute atomic E-state index is 0.0590. The van der Waals surface area contributed by atoms with Gasteiger partial charge in [-0.3, -0.25) is 20.3 Å². The molecule has 7 nitrogen and oxygen atoms in total. The molecule has 0 heterocycles. The molecule has 104 valence electrons. The van der Waals surface area contributed by atoms with E-state index >= 15 is 0 Å². The third-order valence-corrected chi connectivity index (χ3v) is 2.80. The maximum absolute atomic E-state index is 11.0. The second-order valence-corrected chi connectivity index (χ2v) is 4.85. The Kier molecular flexibility index (Phi) is 5.71. The number of nitro groups is 1. The van der Waals surface area contributed by atoms with E-state index < -0.39 is 4.92 Å². The van der Waals surface area contributed by atoms with Gasteiger partial charge >= 0.3 is 0 Å². The molecule has 0 saturated heterocycles. The Morgan fingerprint density at radius 3 is 2.84 bits per heavy atom. The van der Waals surface area contributed by atoms with Gasteiger partial charge in [-0.05, 0) is 19.4 Å². The Morgan fingerprint density at radius 1 is 1.58 bits per heavy atom. The number of hydrazine groups is 1. The molecule has 1 atom stereocenters. The highest BCUT2D eigenvalue weighted by Crippen LogP contribution is 2.27. The van der Waals surface area contributed by atoms with Crippen molar-refractivity contribution < 1.29 is 14.5 Å². The van der Waals surface area contributed by atoms with Crippen molar-refractivity contribution in [3.8, 4) is 5.75 Å². The summed E-state index contributed by atoms with van der Waals surface area (Å²) in [6.45, 7) is 1.77. The molecule has 1 unspecified atom stereocenters. The van der Waals surface area contributed by atoms with Crippen LogP contribution in [0.3, 0.4) is 0 Å². The minimum atomic E-state index is -0.496. The minimum Gasteiger partial charge on any atom is -0.490 e. The Balaban J connectivity index is 2.66. The van der Waals surface area contributed by atoms with Gasteiger partial charge in [-0.1, -0.05) is 15.9 Å². The predicted molar refractivity (Wildman–Crippen MR) is 72.5 cm³/mol. The van der Waals surface area contributed by atoms with E-state index in [4.69, 9.17) is 10.6 Å². The van der Waals surface area contributed by atoms with Gasteiger partial charge in [0.15, 0.2) is 0 Å². The Hall–Kier alpha value is -1.67. The summed E-state index contributed by atoms with van der Waals surface area (Å²) in [4.78, 5) is 21.2. The van der Waals surface area contributed by atoms with Crippen molar-refractivity contribution in [1.29, 1.82) is 0 Å². The van der Waals surface area contributed by atoms with E-state index in [9.17, 15) is 14.9 Å². The monoisotopic (exact) mass is 331 g/mol. The van der Waals surface area contributed by atoms with Crippen LogP contribution in [0.1, 0.15) is 19.8 Å². The summed E-state index contributed by atoms with van der Waals surface area (Å²) in [5.74, 6) is 5.06. The lowest BCUT2D eigenvalue weighted by atomic mass is 10.2. The number of halogens is 1. The van der Waals surface area contributed by atoms with Gasteiger partial charge < -0.3 is 4.74 Å². The van der Waals surface area contributed by atoms with Crippen LogP contribution in [0.5, 0.6) is 5.75 Å². The zero-order valence-electron chi connectivity index (χ0n) is 10.3. The number of ether oxygens (including phenoxy) is 1. The smallest absolute Gasteiger partial charge is 0.274 e. The van der Waals surface area contributed by atoms with Crippen molar-refractivity contribution in [1.82, 2.24) is 5.43 Å². The summed E-state index contributed by atoms with van der Waals surface area (Å²) in [7, 11) is 0. The van der Waals surface area contributed by atoms with E-state index in [0.29, 0.717) is 16.6 Å². The summed E-state index contributed by atoms with van der Waals surface area (Å²) in [6, 6.07) is 4.36. The molecule has 1 amide bonds. The van der Waals surface area contributed by atoms with E-state index in [1.807, 2.05) is 5.43 Å². The Bertz CT molecular complexity index is 481. The number of nitrogens with one attached hydrogen (secondary N) is 1. The topological polar surface area (TPSA) is 107 Å². The average Bonchev–Trinajstić information content (AvgIpc) is 2.35. The number of carbonyl (C=O) groups excluding carboxylic acids is 1. The lowest BCUT2D eigenvalue weighted by Crippen LogP contribution is -2.30. The molecule has 19 heavy (non-hydrogen) atoms. The summed E-state index contributed by atoms with van der Waals surface area (Å²) >= 11 is 3.18. The molecule has 1 aromatic carbocycles. The molecule has 0 saturated carbocycles. The number of nitrogens with two attached hydrogens (primary N) is 1. The van der Waals surface area contributed by atoms with Crippen LogP contribution in [0.4, 0.5) is 5.69 Å². The second kappa shape index (κ2) is 7.05. The van der Waals surface area contributed by atoms with Gasteiger partial charge in [0.05, 0.1) is 17.1 Å². The first-order valence-electron chi connectivity index (χ1n) is 5.53. The third-order valence-electron chi connectivity index (χ3n) is 2.34. The summed E-state index contributed by atoms with van der Waals surface area (Å²) in [5, 5.41) is 10.7. The average molecular weight is 332 g/mol. The van der Waals surface area contributed by atoms with Crippen molar-refractivity contribution in [3.05, 3.63) is 32.8 Å². The molecule has 0 aliphatic rings. The Labute approximate surface area is 118 Å². The number of amides is 1. The van der Waals surface area contributed by atoms with E-state index in [2.05, 4.69) is 15.9 Å². The number of nitrogens with zero attached hydrogens (tertiary/aromatic N) is 1. The van der Waals surface area contributed by atoms with Crippen molar-refractivity contribution in [2.75, 3.05) is 0 Å². The van der Waals surface area contributed by atoms with Gasteiger partial charge in [-0.25, -0.2) is 5.84 Å². The van der Waals surface area contributed by atoms with Gasteiger partial charge in [0.2, 0.25) is 5.91 Å². The van der Waals surface area contributed by atoms with Crippen LogP contribution >= 0.6 is 15.9 Å². The maximum Gasteiger partial charge on any atom is 0.274 e. The van der Waals surface area contributed by atoms with Crippen LogP contribution in [0.15, 0.2) is 22.7 Å². The van der Waals surface area contributed by atoms with E-state index in [-0.39, 0.29) is 24.1 Å². The first kappa shape index (κ1) is 15.4. The number of benzene rings is 1. The van der Waals surface area contributed by atoms with Crippen LogP contribution in [0.2, 0.25) is 0 Å². The zero-order chi connectivity index (χ0) is 14.4. The summed E-state index contributed by atoms with van der Waals surface area (Å²) < 4.78 is 6.08. The molecular weight excluding hydrogens is 318 g/mol. The van der Waals surface area contributed by atoms with Crippen LogP contribution < -0.4 is 16.0 Å². The fourth-order valence-corrected chi connectivity index (χ4v) is 1.88. The lowest BCUT2D eigenvalue weighted by molar-refractivity contribution is -0.385. The number of hydrogen-bond donors (Lipinski definition) is 2. The van der Waals surface area contributed by atoms with Gasteiger partial charge in [-0.2, -0.15) is 0 Å². The molecule has 0 aliphatic carbocycles. The fraction of sp³-hybridized carbons (Fsp3) is 0.364. The van der Waals surface area contributed by atoms with E-state index in [1.54, 1.807) is 13.0 Å². The van der Waals surface area contributed by atoms with Gasteiger partial charge in [0.1, 0.15) is 5.75 Å². The highest BCUT2D eigenvalue weighted by atomic mass is 79.9. The Morgan fingerprint density at radius 2 is 2.26 bits per heavy atom. The SMILES string of the molecule is CC(CCC(=O)NN)Oc1cc(Br)cc([N+](=O)[O-])c1. The second-order valence-electron chi connectivity index (χ2n) is 3.94. The van der Waals surface area contributed by atoms with Gasteiger partial charge in [-0.15, -0.1) is 0 Å².